The number of sulfone groups is 1. The lowest BCUT2D eigenvalue weighted by molar-refractivity contribution is -0.117. The minimum atomic E-state index is -3.27. The number of rotatable bonds is 4. The van der Waals surface area contributed by atoms with Gasteiger partial charge in [0.15, 0.2) is 9.84 Å². The van der Waals surface area contributed by atoms with Crippen LogP contribution in [0.5, 0.6) is 0 Å². The van der Waals surface area contributed by atoms with Gasteiger partial charge in [-0.2, -0.15) is 0 Å². The molecule has 0 spiro atoms. The third-order valence-electron chi connectivity index (χ3n) is 2.16. The summed E-state index contributed by atoms with van der Waals surface area (Å²) < 4.78 is 22.7. The molecule has 1 rings (SSSR count). The van der Waals surface area contributed by atoms with Gasteiger partial charge < -0.3 is 11.1 Å². The van der Waals surface area contributed by atoms with Crippen molar-refractivity contribution in [1.29, 1.82) is 0 Å². The molecule has 3 N–H and O–H groups in total. The Morgan fingerprint density at radius 3 is 2.50 bits per heavy atom. The highest BCUT2D eigenvalue weighted by Crippen LogP contribution is 2.16. The summed E-state index contributed by atoms with van der Waals surface area (Å²) in [4.78, 5) is 11.8. The Labute approximate surface area is 107 Å². The number of benzene rings is 1. The third kappa shape index (κ3) is 4.85. The van der Waals surface area contributed by atoms with E-state index in [0.29, 0.717) is 5.69 Å². The van der Waals surface area contributed by atoms with Crippen LogP contribution in [0.2, 0.25) is 0 Å². The van der Waals surface area contributed by atoms with E-state index in [1.165, 1.54) is 12.1 Å². The van der Waals surface area contributed by atoms with Crippen molar-refractivity contribution >= 4 is 21.4 Å². The molecule has 1 aromatic carbocycles. The van der Waals surface area contributed by atoms with Crippen molar-refractivity contribution in [3.8, 4) is 0 Å². The van der Waals surface area contributed by atoms with E-state index in [2.05, 4.69) is 5.32 Å². The predicted octanol–water partition coefficient (Wildman–Crippen LogP) is 1.16. The van der Waals surface area contributed by atoms with E-state index in [-0.39, 0.29) is 17.2 Å². The number of nitrogens with one attached hydrogen (secondary N) is 1. The van der Waals surface area contributed by atoms with Crippen molar-refractivity contribution in [3.63, 3.8) is 0 Å². The first-order valence-electron chi connectivity index (χ1n) is 5.47. The van der Waals surface area contributed by atoms with Gasteiger partial charge in [0.1, 0.15) is 0 Å². The number of hydrogen-bond acceptors (Lipinski definition) is 4. The lowest BCUT2D eigenvalue weighted by Gasteiger charge is -2.17. The minimum absolute atomic E-state index is 0.163. The monoisotopic (exact) mass is 270 g/mol. The molecule has 0 atom stereocenters. The minimum Gasteiger partial charge on any atom is -0.326 e. The lowest BCUT2D eigenvalue weighted by Crippen LogP contribution is -2.36. The molecule has 100 valence electrons. The van der Waals surface area contributed by atoms with Gasteiger partial charge in [-0.1, -0.05) is 6.07 Å². The molecular formula is C12H18N2O3S. The molecule has 0 heterocycles. The molecule has 0 aliphatic carbocycles. The van der Waals surface area contributed by atoms with Gasteiger partial charge in [-0.25, -0.2) is 8.42 Å². The Bertz CT molecular complexity index is 545. The summed E-state index contributed by atoms with van der Waals surface area (Å²) in [6.45, 7) is 3.50. The van der Waals surface area contributed by atoms with E-state index in [4.69, 9.17) is 5.73 Å². The fourth-order valence-electron chi connectivity index (χ4n) is 1.42. The van der Waals surface area contributed by atoms with Crippen LogP contribution in [0, 0.1) is 0 Å². The van der Waals surface area contributed by atoms with Crippen LogP contribution in [0.15, 0.2) is 29.2 Å². The summed E-state index contributed by atoms with van der Waals surface area (Å²) in [5.41, 5.74) is 5.58. The molecule has 6 heteroatoms. The van der Waals surface area contributed by atoms with Crippen molar-refractivity contribution in [2.45, 2.75) is 30.7 Å². The Hall–Kier alpha value is -1.40. The van der Waals surface area contributed by atoms with Crippen molar-refractivity contribution in [2.75, 3.05) is 11.6 Å². The van der Waals surface area contributed by atoms with Gasteiger partial charge in [-0.15, -0.1) is 0 Å². The first-order valence-corrected chi connectivity index (χ1v) is 7.36. The number of amides is 1. The normalized spacial score (nSPS) is 12.2. The second kappa shape index (κ2) is 5.07. The molecule has 0 aliphatic heterocycles. The molecule has 0 saturated carbocycles. The number of anilines is 1. The smallest absolute Gasteiger partial charge is 0.226 e. The molecule has 5 nitrogen and oxygen atoms in total. The third-order valence-corrected chi connectivity index (χ3v) is 3.27. The maximum Gasteiger partial charge on any atom is 0.226 e. The van der Waals surface area contributed by atoms with Gasteiger partial charge in [0, 0.05) is 23.9 Å². The Morgan fingerprint density at radius 1 is 1.39 bits per heavy atom. The number of carbonyl (C=O) groups excluding carboxylic acids is 1. The average Bonchev–Trinajstić information content (AvgIpc) is 2.13. The van der Waals surface area contributed by atoms with Crippen molar-refractivity contribution in [1.82, 2.24) is 0 Å². The number of hydrogen-bond donors (Lipinski definition) is 2. The van der Waals surface area contributed by atoms with Crippen LogP contribution in [0.3, 0.4) is 0 Å². The van der Waals surface area contributed by atoms with Crippen molar-refractivity contribution < 1.29 is 13.2 Å². The van der Waals surface area contributed by atoms with Crippen LogP contribution in [0.4, 0.5) is 5.69 Å². The van der Waals surface area contributed by atoms with E-state index < -0.39 is 15.4 Å². The molecule has 0 fully saturated rings. The first-order chi connectivity index (χ1) is 8.08. The van der Waals surface area contributed by atoms with E-state index in [9.17, 15) is 13.2 Å². The van der Waals surface area contributed by atoms with Gasteiger partial charge in [-0.05, 0) is 32.0 Å². The zero-order valence-electron chi connectivity index (χ0n) is 10.7. The quantitative estimate of drug-likeness (QED) is 0.859. The van der Waals surface area contributed by atoms with E-state index in [0.717, 1.165) is 6.26 Å². The average molecular weight is 270 g/mol. The highest BCUT2D eigenvalue weighted by molar-refractivity contribution is 7.90. The Kier molecular flexibility index (Phi) is 4.13. The topological polar surface area (TPSA) is 89.3 Å². The molecule has 0 aromatic heterocycles. The summed E-state index contributed by atoms with van der Waals surface area (Å²) in [6, 6.07) is 6.13. The molecule has 18 heavy (non-hydrogen) atoms. The summed E-state index contributed by atoms with van der Waals surface area (Å²) >= 11 is 0. The van der Waals surface area contributed by atoms with E-state index in [1.54, 1.807) is 26.0 Å². The second-order valence-corrected chi connectivity index (χ2v) is 7.03. The maximum atomic E-state index is 11.6. The van der Waals surface area contributed by atoms with E-state index >= 15 is 0 Å². The summed E-state index contributed by atoms with van der Waals surface area (Å²) in [5.74, 6) is -0.242. The lowest BCUT2D eigenvalue weighted by atomic mass is 10.0. The van der Waals surface area contributed by atoms with Crippen LogP contribution >= 0.6 is 0 Å². The molecule has 1 aromatic rings. The molecule has 0 unspecified atom stereocenters. The summed E-state index contributed by atoms with van der Waals surface area (Å²) in [6.07, 6.45) is 1.28. The first kappa shape index (κ1) is 14.7. The predicted molar refractivity (Wildman–Crippen MR) is 71.1 cm³/mol. The van der Waals surface area contributed by atoms with Gasteiger partial charge in [0.05, 0.1) is 4.90 Å². The van der Waals surface area contributed by atoms with Crippen molar-refractivity contribution in [3.05, 3.63) is 24.3 Å². The van der Waals surface area contributed by atoms with Gasteiger partial charge in [0.2, 0.25) is 5.91 Å². The molecule has 0 saturated heterocycles. The summed E-state index contributed by atoms with van der Waals surface area (Å²) in [7, 11) is -3.27. The number of nitrogens with two attached hydrogens (primary N) is 1. The van der Waals surface area contributed by atoms with Gasteiger partial charge >= 0.3 is 0 Å². The molecular weight excluding hydrogens is 252 g/mol. The van der Waals surface area contributed by atoms with Crippen LogP contribution in [-0.4, -0.2) is 26.1 Å². The van der Waals surface area contributed by atoms with Crippen LogP contribution in [0.25, 0.3) is 0 Å². The molecule has 1 amide bonds. The maximum absolute atomic E-state index is 11.6. The standard InChI is InChI=1S/C12H18N2O3S/c1-12(2,13)8-11(15)14-9-5-4-6-10(7-9)18(3,16)17/h4-7H,8,13H2,1-3H3,(H,14,15). The highest BCUT2D eigenvalue weighted by atomic mass is 32.2. The zero-order chi connectivity index (χ0) is 14.0. The zero-order valence-corrected chi connectivity index (χ0v) is 11.5. The van der Waals surface area contributed by atoms with Crippen LogP contribution < -0.4 is 11.1 Å². The van der Waals surface area contributed by atoms with Gasteiger partial charge in [-0.3, -0.25) is 4.79 Å². The number of carbonyl (C=O) groups is 1. The largest absolute Gasteiger partial charge is 0.326 e. The second-order valence-electron chi connectivity index (χ2n) is 5.01. The van der Waals surface area contributed by atoms with Crippen LogP contribution in [0.1, 0.15) is 20.3 Å². The van der Waals surface area contributed by atoms with E-state index in [1.807, 2.05) is 0 Å². The van der Waals surface area contributed by atoms with Gasteiger partial charge in [0.25, 0.3) is 0 Å². The highest BCUT2D eigenvalue weighted by Gasteiger charge is 2.16. The van der Waals surface area contributed by atoms with Crippen molar-refractivity contribution in [2.24, 2.45) is 5.73 Å². The Morgan fingerprint density at radius 2 is 2.00 bits per heavy atom. The summed E-state index contributed by atoms with van der Waals surface area (Å²) in [5, 5.41) is 2.63. The SMILES string of the molecule is CC(C)(N)CC(=O)Nc1cccc(S(C)(=O)=O)c1. The molecule has 0 aliphatic rings. The Balaban J connectivity index is 2.84. The fraction of sp³-hybridized carbons (Fsp3) is 0.417. The molecule has 0 radical (unpaired) electrons. The molecule has 0 bridgehead atoms. The fourth-order valence-corrected chi connectivity index (χ4v) is 2.09. The van der Waals surface area contributed by atoms with Crippen LogP contribution in [-0.2, 0) is 14.6 Å².